The third-order valence-electron chi connectivity index (χ3n) is 4.93. The van der Waals surface area contributed by atoms with Crippen LogP contribution >= 0.6 is 0 Å². The molecule has 118 valence electrons. The number of hydrogen-bond acceptors (Lipinski definition) is 3. The van der Waals surface area contributed by atoms with Gasteiger partial charge >= 0.3 is 5.97 Å². The Bertz CT molecular complexity index is 773. The zero-order valence-corrected chi connectivity index (χ0v) is 12.5. The largest absolute Gasteiger partial charge is 0.476 e. The molecule has 2 saturated carbocycles. The van der Waals surface area contributed by atoms with Gasteiger partial charge in [-0.2, -0.15) is 5.10 Å². The lowest BCUT2D eigenvalue weighted by Crippen LogP contribution is -2.18. The van der Waals surface area contributed by atoms with Crippen molar-refractivity contribution in [3.05, 3.63) is 42.2 Å². The minimum Gasteiger partial charge on any atom is -0.476 e. The summed E-state index contributed by atoms with van der Waals surface area (Å²) in [7, 11) is 0. The van der Waals surface area contributed by atoms with Crippen molar-refractivity contribution >= 4 is 17.6 Å². The second-order valence-corrected chi connectivity index (χ2v) is 6.24. The van der Waals surface area contributed by atoms with Crippen LogP contribution in [0.2, 0.25) is 0 Å². The van der Waals surface area contributed by atoms with Gasteiger partial charge in [-0.25, -0.2) is 9.48 Å². The predicted molar refractivity (Wildman–Crippen MR) is 83.5 cm³/mol. The van der Waals surface area contributed by atoms with Crippen LogP contribution in [0.3, 0.4) is 0 Å². The standard InChI is InChI=1S/C17H17N3O3/c21-16(15-10-4-3-5-11(10)15)18-12-6-1-2-7-14(12)20-9-8-13(19-20)17(22)23/h1-2,6-11,15H,3-5H2,(H,18,21)(H,22,23)/t10-,11-/m1/s1. The van der Waals surface area contributed by atoms with E-state index in [4.69, 9.17) is 5.11 Å². The first-order valence-electron chi connectivity index (χ1n) is 7.84. The van der Waals surface area contributed by atoms with Crippen LogP contribution in [-0.2, 0) is 4.79 Å². The topological polar surface area (TPSA) is 84.2 Å². The molecular formula is C17H17N3O3. The number of hydrogen-bond donors (Lipinski definition) is 2. The monoisotopic (exact) mass is 311 g/mol. The summed E-state index contributed by atoms with van der Waals surface area (Å²) in [6, 6.07) is 8.73. The van der Waals surface area contributed by atoms with E-state index >= 15 is 0 Å². The van der Waals surface area contributed by atoms with Gasteiger partial charge in [-0.1, -0.05) is 18.6 Å². The quantitative estimate of drug-likeness (QED) is 0.909. The van der Waals surface area contributed by atoms with Gasteiger partial charge in [-0.05, 0) is 42.9 Å². The number of para-hydroxylation sites is 2. The Labute approximate surface area is 133 Å². The minimum absolute atomic E-state index is 0.0251. The third-order valence-corrected chi connectivity index (χ3v) is 4.93. The molecule has 2 fully saturated rings. The van der Waals surface area contributed by atoms with Gasteiger partial charge in [-0.3, -0.25) is 4.79 Å². The van der Waals surface area contributed by atoms with Crippen LogP contribution in [0.5, 0.6) is 0 Å². The van der Waals surface area contributed by atoms with Crippen LogP contribution in [0.4, 0.5) is 5.69 Å². The van der Waals surface area contributed by atoms with Gasteiger partial charge in [-0.15, -0.1) is 0 Å². The first-order chi connectivity index (χ1) is 11.1. The van der Waals surface area contributed by atoms with Gasteiger partial charge < -0.3 is 10.4 Å². The van der Waals surface area contributed by atoms with Gasteiger partial charge in [0.1, 0.15) is 0 Å². The zero-order chi connectivity index (χ0) is 16.0. The molecule has 0 radical (unpaired) electrons. The number of carbonyl (C=O) groups excluding carboxylic acids is 1. The molecule has 2 aliphatic rings. The number of amides is 1. The first kappa shape index (κ1) is 14.0. The Kier molecular flexibility index (Phi) is 3.18. The minimum atomic E-state index is -1.07. The maximum Gasteiger partial charge on any atom is 0.356 e. The number of anilines is 1. The average Bonchev–Trinajstić information content (AvgIpc) is 2.95. The summed E-state index contributed by atoms with van der Waals surface area (Å²) < 4.78 is 1.48. The fourth-order valence-corrected chi connectivity index (χ4v) is 3.78. The summed E-state index contributed by atoms with van der Waals surface area (Å²) in [5.74, 6) is 0.258. The molecule has 4 rings (SSSR count). The Hall–Kier alpha value is -2.63. The number of fused-ring (bicyclic) bond motifs is 1. The van der Waals surface area contributed by atoms with Crippen LogP contribution in [0.25, 0.3) is 5.69 Å². The van der Waals surface area contributed by atoms with Crippen molar-refractivity contribution in [3.63, 3.8) is 0 Å². The molecule has 2 atom stereocenters. The molecule has 2 aromatic rings. The van der Waals surface area contributed by atoms with Crippen molar-refractivity contribution in [1.82, 2.24) is 9.78 Å². The molecule has 1 heterocycles. The molecule has 0 spiro atoms. The molecular weight excluding hydrogens is 294 g/mol. The highest BCUT2D eigenvalue weighted by molar-refractivity contribution is 5.96. The second-order valence-electron chi connectivity index (χ2n) is 6.24. The normalized spacial score (nSPS) is 25.0. The van der Waals surface area contributed by atoms with Crippen molar-refractivity contribution in [3.8, 4) is 5.69 Å². The number of nitrogens with one attached hydrogen (secondary N) is 1. The van der Waals surface area contributed by atoms with Crippen molar-refractivity contribution in [2.24, 2.45) is 17.8 Å². The van der Waals surface area contributed by atoms with E-state index in [2.05, 4.69) is 10.4 Å². The average molecular weight is 311 g/mol. The van der Waals surface area contributed by atoms with Crippen molar-refractivity contribution < 1.29 is 14.7 Å². The number of benzene rings is 1. The summed E-state index contributed by atoms with van der Waals surface area (Å²) in [6.07, 6.45) is 5.14. The molecule has 6 nitrogen and oxygen atoms in total. The van der Waals surface area contributed by atoms with Crippen LogP contribution in [-0.4, -0.2) is 26.8 Å². The van der Waals surface area contributed by atoms with E-state index in [0.29, 0.717) is 23.2 Å². The summed E-state index contributed by atoms with van der Waals surface area (Å²) in [4.78, 5) is 23.4. The summed E-state index contributed by atoms with van der Waals surface area (Å²) in [5.41, 5.74) is 1.30. The molecule has 1 aromatic heterocycles. The Morgan fingerprint density at radius 2 is 1.91 bits per heavy atom. The highest BCUT2D eigenvalue weighted by atomic mass is 16.4. The van der Waals surface area contributed by atoms with Gasteiger partial charge in [0.05, 0.1) is 11.4 Å². The van der Waals surface area contributed by atoms with E-state index in [-0.39, 0.29) is 17.5 Å². The number of carboxylic acids is 1. The van der Waals surface area contributed by atoms with E-state index in [1.807, 2.05) is 24.3 Å². The molecule has 1 amide bonds. The smallest absolute Gasteiger partial charge is 0.356 e. The van der Waals surface area contributed by atoms with E-state index < -0.39 is 5.97 Å². The summed E-state index contributed by atoms with van der Waals surface area (Å²) in [6.45, 7) is 0. The molecule has 6 heteroatoms. The highest BCUT2D eigenvalue weighted by Gasteiger charge is 2.56. The molecule has 0 saturated heterocycles. The number of nitrogens with zero attached hydrogens (tertiary/aromatic N) is 2. The van der Waals surface area contributed by atoms with Crippen molar-refractivity contribution in [2.75, 3.05) is 5.32 Å². The van der Waals surface area contributed by atoms with E-state index in [0.717, 1.165) is 12.8 Å². The lowest BCUT2D eigenvalue weighted by molar-refractivity contribution is -0.118. The molecule has 2 aliphatic carbocycles. The van der Waals surface area contributed by atoms with Crippen molar-refractivity contribution in [2.45, 2.75) is 19.3 Å². The van der Waals surface area contributed by atoms with Gasteiger partial charge in [0, 0.05) is 12.1 Å². The molecule has 23 heavy (non-hydrogen) atoms. The van der Waals surface area contributed by atoms with E-state index in [1.165, 1.54) is 17.2 Å². The Balaban J connectivity index is 1.57. The zero-order valence-electron chi connectivity index (χ0n) is 12.5. The fourth-order valence-electron chi connectivity index (χ4n) is 3.78. The lowest BCUT2D eigenvalue weighted by atomic mass is 10.1. The SMILES string of the molecule is O=C(O)c1ccn(-c2ccccc2NC(=O)C2[C@@H]3CCC[C@@H]23)n1. The van der Waals surface area contributed by atoms with Crippen molar-refractivity contribution in [1.29, 1.82) is 0 Å². The number of rotatable bonds is 4. The van der Waals surface area contributed by atoms with E-state index in [9.17, 15) is 9.59 Å². The number of aromatic carboxylic acids is 1. The fraction of sp³-hybridized carbons (Fsp3) is 0.353. The predicted octanol–water partition coefficient (Wildman–Crippen LogP) is 2.56. The van der Waals surface area contributed by atoms with Gasteiger partial charge in [0.15, 0.2) is 5.69 Å². The third kappa shape index (κ3) is 2.40. The maximum absolute atomic E-state index is 12.5. The molecule has 1 aromatic carbocycles. The van der Waals surface area contributed by atoms with Crippen LogP contribution in [0.1, 0.15) is 29.8 Å². The molecule has 2 N–H and O–H groups in total. The first-order valence-corrected chi connectivity index (χ1v) is 7.84. The number of aromatic nitrogens is 2. The van der Waals surface area contributed by atoms with Crippen LogP contribution in [0, 0.1) is 17.8 Å². The highest BCUT2D eigenvalue weighted by Crippen LogP contribution is 2.57. The lowest BCUT2D eigenvalue weighted by Gasteiger charge is -2.11. The van der Waals surface area contributed by atoms with E-state index in [1.54, 1.807) is 6.20 Å². The Morgan fingerprint density at radius 3 is 2.61 bits per heavy atom. The van der Waals surface area contributed by atoms with Gasteiger partial charge in [0.2, 0.25) is 5.91 Å². The molecule has 0 unspecified atom stereocenters. The van der Waals surface area contributed by atoms with Crippen LogP contribution < -0.4 is 5.32 Å². The summed E-state index contributed by atoms with van der Waals surface area (Å²) in [5, 5.41) is 16.0. The Morgan fingerprint density at radius 1 is 1.17 bits per heavy atom. The maximum atomic E-state index is 12.5. The second kappa shape index (κ2) is 5.22. The molecule has 0 aliphatic heterocycles. The molecule has 0 bridgehead atoms. The summed E-state index contributed by atoms with van der Waals surface area (Å²) >= 11 is 0. The number of carboxylic acid groups (broad SMARTS) is 1. The number of carbonyl (C=O) groups is 2. The van der Waals surface area contributed by atoms with Gasteiger partial charge in [0.25, 0.3) is 0 Å². The van der Waals surface area contributed by atoms with Crippen LogP contribution in [0.15, 0.2) is 36.5 Å².